The molecular formula is C19H19NO5. The Balaban J connectivity index is 1.98. The molecule has 2 aromatic rings. The fourth-order valence-corrected chi connectivity index (χ4v) is 2.86. The second-order valence-corrected chi connectivity index (χ2v) is 5.75. The molecule has 25 heavy (non-hydrogen) atoms. The molecule has 3 rings (SSSR count). The molecule has 1 atom stereocenters. The van der Waals surface area contributed by atoms with E-state index in [1.807, 2.05) is 36.4 Å². The number of allylic oxidation sites excluding steroid dienone is 1. The maximum absolute atomic E-state index is 11.0. The summed E-state index contributed by atoms with van der Waals surface area (Å²) >= 11 is 0. The van der Waals surface area contributed by atoms with Gasteiger partial charge in [0.05, 0.1) is 12.9 Å². The lowest BCUT2D eigenvalue weighted by atomic mass is 9.97. The van der Waals surface area contributed by atoms with Crippen LogP contribution in [-0.4, -0.2) is 18.6 Å². The highest BCUT2D eigenvalue weighted by molar-refractivity contribution is 5.68. The number of nitrogens with zero attached hydrogens (tertiary/aromatic N) is 1. The van der Waals surface area contributed by atoms with Crippen molar-refractivity contribution in [3.05, 3.63) is 75.0 Å². The highest BCUT2D eigenvalue weighted by Gasteiger charge is 2.29. The monoisotopic (exact) mass is 341 g/mol. The topological polar surface area (TPSA) is 70.8 Å². The van der Waals surface area contributed by atoms with Gasteiger partial charge >= 0.3 is 0 Å². The summed E-state index contributed by atoms with van der Waals surface area (Å²) in [6.45, 7) is 1.85. The number of rotatable bonds is 6. The Morgan fingerprint density at radius 3 is 2.64 bits per heavy atom. The van der Waals surface area contributed by atoms with Crippen molar-refractivity contribution in [3.8, 4) is 11.5 Å². The molecule has 6 nitrogen and oxygen atoms in total. The van der Waals surface area contributed by atoms with E-state index in [2.05, 4.69) is 0 Å². The number of hydrogen-bond donors (Lipinski definition) is 0. The van der Waals surface area contributed by atoms with Gasteiger partial charge in [0.2, 0.25) is 6.54 Å². The Hall–Kier alpha value is -3.02. The van der Waals surface area contributed by atoms with Crippen LogP contribution < -0.4 is 9.47 Å². The number of ether oxygens (including phenoxy) is 3. The SMILES string of the molecule is COc1ccc2c(c1OCc1ccccc1)C=C(C)OC2C[N+](=O)[O-]. The van der Waals surface area contributed by atoms with Gasteiger partial charge in [-0.25, -0.2) is 0 Å². The summed E-state index contributed by atoms with van der Waals surface area (Å²) in [7, 11) is 1.57. The minimum Gasteiger partial charge on any atom is -0.493 e. The van der Waals surface area contributed by atoms with Crippen LogP contribution in [0.25, 0.3) is 6.08 Å². The van der Waals surface area contributed by atoms with Gasteiger partial charge in [-0.3, -0.25) is 10.1 Å². The minimum absolute atomic E-state index is 0.303. The Kier molecular flexibility index (Phi) is 4.88. The van der Waals surface area contributed by atoms with Crippen LogP contribution in [0.4, 0.5) is 0 Å². The van der Waals surface area contributed by atoms with E-state index in [1.165, 1.54) is 0 Å². The Morgan fingerprint density at radius 2 is 1.96 bits per heavy atom. The highest BCUT2D eigenvalue weighted by atomic mass is 16.6. The lowest BCUT2D eigenvalue weighted by molar-refractivity contribution is -0.491. The van der Waals surface area contributed by atoms with Crippen molar-refractivity contribution in [1.29, 1.82) is 0 Å². The third kappa shape index (κ3) is 3.74. The van der Waals surface area contributed by atoms with Crippen LogP contribution in [0, 0.1) is 10.1 Å². The molecule has 0 aliphatic carbocycles. The standard InChI is InChI=1S/C19H19NO5/c1-13-10-16-15(18(25-13)11-20(21)22)8-9-17(23-2)19(16)24-12-14-6-4-3-5-7-14/h3-10,18H,11-12H2,1-2H3. The van der Waals surface area contributed by atoms with Crippen molar-refractivity contribution in [3.63, 3.8) is 0 Å². The maximum Gasteiger partial charge on any atom is 0.244 e. The van der Waals surface area contributed by atoms with Gasteiger partial charge in [-0.2, -0.15) is 0 Å². The van der Waals surface area contributed by atoms with E-state index in [0.717, 1.165) is 16.7 Å². The van der Waals surface area contributed by atoms with Gasteiger partial charge in [-0.1, -0.05) is 36.4 Å². The number of hydrogen-bond acceptors (Lipinski definition) is 5. The molecule has 6 heteroatoms. The van der Waals surface area contributed by atoms with Crippen molar-refractivity contribution >= 4 is 6.08 Å². The molecule has 1 aliphatic heterocycles. The van der Waals surface area contributed by atoms with Crippen LogP contribution in [0.5, 0.6) is 11.5 Å². The van der Waals surface area contributed by atoms with Crippen molar-refractivity contribution in [1.82, 2.24) is 0 Å². The van der Waals surface area contributed by atoms with Gasteiger partial charge in [0.25, 0.3) is 0 Å². The van der Waals surface area contributed by atoms with Gasteiger partial charge in [0, 0.05) is 16.1 Å². The predicted molar refractivity (Wildman–Crippen MR) is 93.1 cm³/mol. The van der Waals surface area contributed by atoms with Gasteiger partial charge in [-0.05, 0) is 24.6 Å². The number of methoxy groups -OCH3 is 1. The largest absolute Gasteiger partial charge is 0.493 e. The zero-order valence-corrected chi connectivity index (χ0v) is 14.1. The molecule has 0 radical (unpaired) electrons. The van der Waals surface area contributed by atoms with Crippen LogP contribution in [0.2, 0.25) is 0 Å². The van der Waals surface area contributed by atoms with Gasteiger partial charge in [-0.15, -0.1) is 0 Å². The molecule has 1 unspecified atom stereocenters. The van der Waals surface area contributed by atoms with E-state index in [4.69, 9.17) is 14.2 Å². The predicted octanol–water partition coefficient (Wildman–Crippen LogP) is 3.98. The number of nitro groups is 1. The van der Waals surface area contributed by atoms with E-state index in [9.17, 15) is 10.1 Å². The van der Waals surface area contributed by atoms with E-state index in [1.54, 1.807) is 26.2 Å². The fourth-order valence-electron chi connectivity index (χ4n) is 2.86. The molecule has 0 bridgehead atoms. The first-order chi connectivity index (χ1) is 12.1. The molecule has 0 aromatic heterocycles. The Labute approximate surface area is 145 Å². The fraction of sp³-hybridized carbons (Fsp3) is 0.263. The van der Waals surface area contributed by atoms with E-state index in [0.29, 0.717) is 23.9 Å². The molecule has 0 spiro atoms. The Morgan fingerprint density at radius 1 is 1.20 bits per heavy atom. The molecule has 2 aromatic carbocycles. The first-order valence-electron chi connectivity index (χ1n) is 7.93. The summed E-state index contributed by atoms with van der Waals surface area (Å²) in [5, 5.41) is 11.0. The molecule has 0 N–H and O–H groups in total. The second-order valence-electron chi connectivity index (χ2n) is 5.75. The molecule has 1 heterocycles. The first-order valence-corrected chi connectivity index (χ1v) is 7.93. The normalized spacial score (nSPS) is 15.6. The summed E-state index contributed by atoms with van der Waals surface area (Å²) in [6.07, 6.45) is 1.19. The van der Waals surface area contributed by atoms with Crippen LogP contribution in [0.15, 0.2) is 48.2 Å². The zero-order chi connectivity index (χ0) is 17.8. The highest BCUT2D eigenvalue weighted by Crippen LogP contribution is 2.42. The average Bonchev–Trinajstić information content (AvgIpc) is 2.59. The summed E-state index contributed by atoms with van der Waals surface area (Å²) in [6, 6.07) is 13.3. The van der Waals surface area contributed by atoms with Crippen molar-refractivity contribution in [2.75, 3.05) is 13.7 Å². The van der Waals surface area contributed by atoms with Gasteiger partial charge in [0.1, 0.15) is 6.61 Å². The molecule has 0 fully saturated rings. The smallest absolute Gasteiger partial charge is 0.244 e. The van der Waals surface area contributed by atoms with Gasteiger partial charge < -0.3 is 14.2 Å². The van der Waals surface area contributed by atoms with Crippen molar-refractivity contribution in [2.24, 2.45) is 0 Å². The minimum atomic E-state index is -0.639. The van der Waals surface area contributed by atoms with Crippen LogP contribution >= 0.6 is 0 Å². The zero-order valence-electron chi connectivity index (χ0n) is 14.1. The third-order valence-corrected chi connectivity index (χ3v) is 3.98. The first kappa shape index (κ1) is 16.8. The Bertz CT molecular complexity index is 801. The summed E-state index contributed by atoms with van der Waals surface area (Å²) in [5.74, 6) is 1.76. The van der Waals surface area contributed by atoms with Crippen LogP contribution in [0.1, 0.15) is 29.7 Å². The van der Waals surface area contributed by atoms with Crippen LogP contribution in [0.3, 0.4) is 0 Å². The number of fused-ring (bicyclic) bond motifs is 1. The van der Waals surface area contributed by atoms with Crippen molar-refractivity contribution in [2.45, 2.75) is 19.6 Å². The van der Waals surface area contributed by atoms with Crippen LogP contribution in [-0.2, 0) is 11.3 Å². The maximum atomic E-state index is 11.0. The molecule has 0 saturated carbocycles. The number of benzene rings is 2. The molecule has 0 saturated heterocycles. The summed E-state index contributed by atoms with van der Waals surface area (Å²) in [5.41, 5.74) is 2.52. The molecule has 130 valence electrons. The van der Waals surface area contributed by atoms with E-state index >= 15 is 0 Å². The second kappa shape index (κ2) is 7.25. The lowest BCUT2D eigenvalue weighted by Gasteiger charge is -2.25. The summed E-state index contributed by atoms with van der Waals surface area (Å²) < 4.78 is 17.1. The van der Waals surface area contributed by atoms with E-state index < -0.39 is 6.10 Å². The lowest BCUT2D eigenvalue weighted by Crippen LogP contribution is -2.19. The molecule has 1 aliphatic rings. The molecular weight excluding hydrogens is 322 g/mol. The third-order valence-electron chi connectivity index (χ3n) is 3.98. The molecule has 0 amide bonds. The quantitative estimate of drug-likeness (QED) is 0.587. The van der Waals surface area contributed by atoms with Crippen molar-refractivity contribution < 1.29 is 19.1 Å². The van der Waals surface area contributed by atoms with Gasteiger partial charge in [0.15, 0.2) is 17.6 Å². The average molecular weight is 341 g/mol. The van der Waals surface area contributed by atoms with E-state index in [-0.39, 0.29) is 11.5 Å². The summed E-state index contributed by atoms with van der Waals surface area (Å²) in [4.78, 5) is 10.6.